The zero-order valence-electron chi connectivity index (χ0n) is 14.5. The number of unbranched alkanes of at least 4 members (excludes halogenated alkanes) is 4. The monoisotopic (exact) mass is 320 g/mol. The average Bonchev–Trinajstić information content (AvgIpc) is 2.53. The molecule has 21 heavy (non-hydrogen) atoms. The number of hydrogen-bond donors (Lipinski definition) is 2. The fraction of sp³-hybridized carbons (Fsp3) is 1.00. The molecule has 0 saturated heterocycles. The van der Waals surface area contributed by atoms with Crippen molar-refractivity contribution in [3.63, 3.8) is 0 Å². The number of rotatable bonds is 16. The molecule has 6 heteroatoms. The van der Waals surface area contributed by atoms with Crippen LogP contribution in [0.4, 0.5) is 0 Å². The smallest absolute Gasteiger partial charge is 0.377 e. The molecule has 2 N–H and O–H groups in total. The van der Waals surface area contributed by atoms with Crippen LogP contribution in [0.1, 0.15) is 45.4 Å². The molecule has 0 aromatic rings. The predicted molar refractivity (Wildman–Crippen MR) is 90.7 cm³/mol. The van der Waals surface area contributed by atoms with Gasteiger partial charge in [-0.1, -0.05) is 32.6 Å². The molecule has 0 radical (unpaired) electrons. The molecule has 0 aliphatic rings. The zero-order valence-corrected chi connectivity index (χ0v) is 15.5. The van der Waals surface area contributed by atoms with Gasteiger partial charge in [0.25, 0.3) is 0 Å². The van der Waals surface area contributed by atoms with Crippen molar-refractivity contribution >= 4 is 8.80 Å². The summed E-state index contributed by atoms with van der Waals surface area (Å²) in [6.45, 7) is 6.41. The van der Waals surface area contributed by atoms with E-state index in [1.165, 1.54) is 32.1 Å². The highest BCUT2D eigenvalue weighted by atomic mass is 28.4. The lowest BCUT2D eigenvalue weighted by Gasteiger charge is -2.24. The van der Waals surface area contributed by atoms with Gasteiger partial charge in [0.05, 0.1) is 0 Å². The Morgan fingerprint density at radius 1 is 0.667 bits per heavy atom. The van der Waals surface area contributed by atoms with Gasteiger partial charge in [-0.15, -0.1) is 0 Å². The molecule has 0 heterocycles. The van der Waals surface area contributed by atoms with Gasteiger partial charge in [0.2, 0.25) is 0 Å². The third-order valence-corrected chi connectivity index (χ3v) is 6.54. The first-order valence-electron chi connectivity index (χ1n) is 8.31. The molecule has 0 amide bonds. The molecule has 0 fully saturated rings. The van der Waals surface area contributed by atoms with Crippen molar-refractivity contribution in [1.82, 2.24) is 10.6 Å². The lowest BCUT2D eigenvalue weighted by Crippen LogP contribution is -2.43. The molecule has 0 aliphatic carbocycles. The van der Waals surface area contributed by atoms with Crippen LogP contribution in [-0.2, 0) is 13.3 Å². The van der Waals surface area contributed by atoms with Crippen LogP contribution in [0.2, 0.25) is 6.04 Å². The van der Waals surface area contributed by atoms with E-state index in [-0.39, 0.29) is 0 Å². The molecule has 0 rings (SSSR count). The van der Waals surface area contributed by atoms with Crippen molar-refractivity contribution in [3.05, 3.63) is 0 Å². The van der Waals surface area contributed by atoms with E-state index in [1.807, 2.05) is 0 Å². The fourth-order valence-electron chi connectivity index (χ4n) is 2.27. The van der Waals surface area contributed by atoms with Crippen LogP contribution in [0.3, 0.4) is 0 Å². The molecule has 5 nitrogen and oxygen atoms in total. The van der Waals surface area contributed by atoms with Crippen molar-refractivity contribution in [2.45, 2.75) is 51.5 Å². The van der Waals surface area contributed by atoms with E-state index in [0.29, 0.717) is 0 Å². The Hall–Kier alpha value is 0.0169. The maximum atomic E-state index is 5.39. The van der Waals surface area contributed by atoms with Crippen LogP contribution in [-0.4, -0.2) is 56.3 Å². The van der Waals surface area contributed by atoms with E-state index < -0.39 is 8.80 Å². The van der Waals surface area contributed by atoms with Gasteiger partial charge in [0.15, 0.2) is 0 Å². The van der Waals surface area contributed by atoms with Gasteiger partial charge in [-0.2, -0.15) is 0 Å². The molecule has 0 spiro atoms. The minimum atomic E-state index is -2.37. The Bertz CT molecular complexity index is 209. The van der Waals surface area contributed by atoms with Crippen LogP contribution >= 0.6 is 0 Å². The Morgan fingerprint density at radius 3 is 1.71 bits per heavy atom. The SMILES string of the molecule is CCCCCCCNCCNCCC[Si](OC)(OC)OC. The molecule has 0 unspecified atom stereocenters. The van der Waals surface area contributed by atoms with Crippen LogP contribution in [0.15, 0.2) is 0 Å². The van der Waals surface area contributed by atoms with E-state index in [2.05, 4.69) is 17.6 Å². The minimum absolute atomic E-state index is 0.856. The second-order valence-electron chi connectivity index (χ2n) is 5.31. The van der Waals surface area contributed by atoms with E-state index in [4.69, 9.17) is 13.3 Å². The highest BCUT2D eigenvalue weighted by molar-refractivity contribution is 6.60. The Morgan fingerprint density at radius 2 is 1.19 bits per heavy atom. The van der Waals surface area contributed by atoms with Gasteiger partial charge in [-0.25, -0.2) is 0 Å². The van der Waals surface area contributed by atoms with Gasteiger partial charge in [-0.05, 0) is 25.9 Å². The van der Waals surface area contributed by atoms with Gasteiger partial charge < -0.3 is 23.9 Å². The Balaban J connectivity index is 3.29. The van der Waals surface area contributed by atoms with Crippen molar-refractivity contribution in [1.29, 1.82) is 0 Å². The summed E-state index contributed by atoms with van der Waals surface area (Å²) in [6.07, 6.45) is 7.72. The summed E-state index contributed by atoms with van der Waals surface area (Å²) in [5, 5.41) is 6.91. The number of nitrogens with one attached hydrogen (secondary N) is 2. The average molecular weight is 321 g/mol. The normalized spacial score (nSPS) is 12.0. The zero-order chi connectivity index (χ0) is 15.8. The third-order valence-electron chi connectivity index (χ3n) is 3.71. The summed E-state index contributed by atoms with van der Waals surface area (Å²) in [6, 6.07) is 0.856. The van der Waals surface area contributed by atoms with E-state index >= 15 is 0 Å². The Kier molecular flexibility index (Phi) is 14.9. The minimum Gasteiger partial charge on any atom is -0.377 e. The standard InChI is InChI=1S/C15H36N2O3Si/c1-5-6-7-8-9-11-16-13-14-17-12-10-15-21(18-2,19-3)20-4/h16-17H,5-15H2,1-4H3. The highest BCUT2D eigenvalue weighted by Crippen LogP contribution is 2.14. The molecule has 0 atom stereocenters. The topological polar surface area (TPSA) is 51.8 Å². The molecule has 0 aromatic heterocycles. The lowest BCUT2D eigenvalue weighted by atomic mass is 10.1. The highest BCUT2D eigenvalue weighted by Gasteiger charge is 2.36. The molecule has 0 aromatic carbocycles. The van der Waals surface area contributed by atoms with Gasteiger partial charge >= 0.3 is 8.80 Å². The molecule has 0 saturated carbocycles. The van der Waals surface area contributed by atoms with Crippen LogP contribution < -0.4 is 10.6 Å². The van der Waals surface area contributed by atoms with Crippen LogP contribution in [0.5, 0.6) is 0 Å². The summed E-state index contributed by atoms with van der Waals surface area (Å²) >= 11 is 0. The van der Waals surface area contributed by atoms with Crippen LogP contribution in [0.25, 0.3) is 0 Å². The van der Waals surface area contributed by atoms with Crippen molar-refractivity contribution in [2.75, 3.05) is 47.5 Å². The first kappa shape index (κ1) is 21.0. The fourth-order valence-corrected chi connectivity index (χ4v) is 3.99. The van der Waals surface area contributed by atoms with Crippen molar-refractivity contribution in [3.8, 4) is 0 Å². The number of hydrogen-bond acceptors (Lipinski definition) is 5. The van der Waals surface area contributed by atoms with Gasteiger partial charge in [-0.3, -0.25) is 0 Å². The van der Waals surface area contributed by atoms with Gasteiger partial charge in [0.1, 0.15) is 0 Å². The van der Waals surface area contributed by atoms with Crippen molar-refractivity contribution in [2.24, 2.45) is 0 Å². The summed E-state index contributed by atoms with van der Waals surface area (Å²) < 4.78 is 16.2. The summed E-state index contributed by atoms with van der Waals surface area (Å²) in [4.78, 5) is 0. The maximum absolute atomic E-state index is 5.39. The molecule has 0 bridgehead atoms. The van der Waals surface area contributed by atoms with Crippen molar-refractivity contribution < 1.29 is 13.3 Å². The maximum Gasteiger partial charge on any atom is 0.500 e. The first-order valence-corrected chi connectivity index (χ1v) is 10.2. The molecular weight excluding hydrogens is 284 g/mol. The van der Waals surface area contributed by atoms with E-state index in [9.17, 15) is 0 Å². The predicted octanol–water partition coefficient (Wildman–Crippen LogP) is 2.40. The molecule has 0 aliphatic heterocycles. The summed E-state index contributed by atoms with van der Waals surface area (Å²) in [7, 11) is 2.62. The van der Waals surface area contributed by atoms with Crippen LogP contribution in [0, 0.1) is 0 Å². The molecular formula is C15H36N2O3Si. The second-order valence-corrected chi connectivity index (χ2v) is 8.40. The van der Waals surface area contributed by atoms with E-state index in [1.54, 1.807) is 21.3 Å². The largest absolute Gasteiger partial charge is 0.500 e. The first-order chi connectivity index (χ1) is 10.2. The quantitative estimate of drug-likeness (QED) is 0.338. The molecule has 128 valence electrons. The lowest BCUT2D eigenvalue weighted by molar-refractivity contribution is 0.123. The summed E-state index contributed by atoms with van der Waals surface area (Å²) in [5.74, 6) is 0. The van der Waals surface area contributed by atoms with E-state index in [0.717, 1.165) is 38.6 Å². The Labute approximate surface area is 132 Å². The summed E-state index contributed by atoms with van der Waals surface area (Å²) in [5.41, 5.74) is 0. The van der Waals surface area contributed by atoms with Gasteiger partial charge in [0, 0.05) is 40.5 Å². The second kappa shape index (κ2) is 14.9. The third kappa shape index (κ3) is 11.3.